The molecular formula is C26H38O4. The maximum absolute atomic E-state index is 13.1. The van der Waals surface area contributed by atoms with E-state index in [-0.39, 0.29) is 22.7 Å². The van der Waals surface area contributed by atoms with Crippen LogP contribution in [-0.2, 0) is 14.4 Å². The third-order valence-electron chi connectivity index (χ3n) is 9.78. The third kappa shape index (κ3) is 3.48. The molecule has 3 saturated carbocycles. The van der Waals surface area contributed by atoms with Gasteiger partial charge in [0.25, 0.3) is 0 Å². The van der Waals surface area contributed by atoms with Gasteiger partial charge in [0.05, 0.1) is 5.92 Å². The summed E-state index contributed by atoms with van der Waals surface area (Å²) >= 11 is 0. The molecule has 4 aliphatic carbocycles. The number of aliphatic carboxylic acids is 1. The number of unbranched alkanes of at least 4 members (excludes halogenated alkanes) is 1. The molecule has 0 spiro atoms. The Morgan fingerprint density at radius 2 is 1.97 bits per heavy atom. The van der Waals surface area contributed by atoms with E-state index in [9.17, 15) is 14.4 Å². The lowest BCUT2D eigenvalue weighted by Crippen LogP contribution is -2.50. The Morgan fingerprint density at radius 3 is 2.70 bits per heavy atom. The van der Waals surface area contributed by atoms with Gasteiger partial charge in [-0.3, -0.25) is 14.4 Å². The van der Waals surface area contributed by atoms with Gasteiger partial charge in [0, 0.05) is 25.2 Å². The lowest BCUT2D eigenvalue weighted by molar-refractivity contribution is -0.141. The number of carbonyl (C=O) groups is 3. The second kappa shape index (κ2) is 7.91. The molecule has 0 radical (unpaired) electrons. The van der Waals surface area contributed by atoms with Gasteiger partial charge in [0.2, 0.25) is 0 Å². The average Bonchev–Trinajstić information content (AvgIpc) is 2.95. The van der Waals surface area contributed by atoms with Crippen LogP contribution < -0.4 is 0 Å². The second-order valence-corrected chi connectivity index (χ2v) is 11.3. The molecule has 30 heavy (non-hydrogen) atoms. The normalized spacial score (nSPS) is 41.5. The van der Waals surface area contributed by atoms with Crippen molar-refractivity contribution in [3.05, 3.63) is 11.6 Å². The minimum Gasteiger partial charge on any atom is -0.481 e. The molecule has 7 atom stereocenters. The molecule has 0 aromatic carbocycles. The third-order valence-corrected chi connectivity index (χ3v) is 9.78. The van der Waals surface area contributed by atoms with Gasteiger partial charge in [-0.05, 0) is 67.1 Å². The van der Waals surface area contributed by atoms with E-state index >= 15 is 0 Å². The number of ketones is 2. The number of fused-ring (bicyclic) bond motifs is 5. The molecule has 3 unspecified atom stereocenters. The maximum Gasteiger partial charge on any atom is 0.306 e. The molecule has 3 fully saturated rings. The molecule has 1 N–H and O–H groups in total. The number of Topliss-reactive ketones (excluding diaryl/α,β-unsaturated/α-hetero) is 2. The summed E-state index contributed by atoms with van der Waals surface area (Å²) < 4.78 is 0. The van der Waals surface area contributed by atoms with Crippen LogP contribution in [0.4, 0.5) is 0 Å². The molecule has 4 heteroatoms. The molecule has 0 saturated heterocycles. The minimum absolute atomic E-state index is 0.100. The Morgan fingerprint density at radius 1 is 1.20 bits per heavy atom. The van der Waals surface area contributed by atoms with Crippen molar-refractivity contribution in [1.82, 2.24) is 0 Å². The number of rotatable bonds is 6. The van der Waals surface area contributed by atoms with Gasteiger partial charge in [-0.15, -0.1) is 0 Å². The van der Waals surface area contributed by atoms with Crippen molar-refractivity contribution in [1.29, 1.82) is 0 Å². The van der Waals surface area contributed by atoms with Gasteiger partial charge in [-0.25, -0.2) is 0 Å². The summed E-state index contributed by atoms with van der Waals surface area (Å²) in [7, 11) is 0. The molecule has 4 rings (SSSR count). The molecular weight excluding hydrogens is 376 g/mol. The van der Waals surface area contributed by atoms with Crippen molar-refractivity contribution in [3.8, 4) is 0 Å². The summed E-state index contributed by atoms with van der Waals surface area (Å²) in [6.07, 6.45) is 12.3. The zero-order chi connectivity index (χ0) is 21.7. The molecule has 0 aromatic rings. The zero-order valence-electron chi connectivity index (χ0n) is 18.9. The molecule has 166 valence electrons. The average molecular weight is 415 g/mol. The fraction of sp³-hybridized carbons (Fsp3) is 0.808. The van der Waals surface area contributed by atoms with Crippen LogP contribution in [0.3, 0.4) is 0 Å². The molecule has 0 amide bonds. The molecule has 0 aliphatic heterocycles. The van der Waals surface area contributed by atoms with E-state index in [1.165, 1.54) is 12.0 Å². The number of carbonyl (C=O) groups excluding carboxylic acids is 2. The van der Waals surface area contributed by atoms with Crippen molar-refractivity contribution >= 4 is 17.5 Å². The van der Waals surface area contributed by atoms with Crippen molar-refractivity contribution in [2.75, 3.05) is 0 Å². The van der Waals surface area contributed by atoms with E-state index in [0.29, 0.717) is 42.2 Å². The fourth-order valence-corrected chi connectivity index (χ4v) is 7.78. The first-order valence-corrected chi connectivity index (χ1v) is 12.1. The number of hydrogen-bond acceptors (Lipinski definition) is 3. The van der Waals surface area contributed by atoms with Gasteiger partial charge in [0.1, 0.15) is 11.6 Å². The summed E-state index contributed by atoms with van der Waals surface area (Å²) in [5.74, 6) is 1.64. The number of hydrogen-bond donors (Lipinski definition) is 1. The fourth-order valence-electron chi connectivity index (χ4n) is 7.78. The van der Waals surface area contributed by atoms with Crippen molar-refractivity contribution in [2.24, 2.45) is 40.4 Å². The first kappa shape index (κ1) is 21.8. The Balaban J connectivity index is 1.46. The van der Waals surface area contributed by atoms with Crippen LogP contribution >= 0.6 is 0 Å². The second-order valence-electron chi connectivity index (χ2n) is 11.3. The Labute approximate surface area is 180 Å². The van der Waals surface area contributed by atoms with Crippen molar-refractivity contribution < 1.29 is 19.5 Å². The molecule has 0 bridgehead atoms. The van der Waals surface area contributed by atoms with Gasteiger partial charge >= 0.3 is 5.97 Å². The van der Waals surface area contributed by atoms with Crippen LogP contribution in [0, 0.1) is 40.4 Å². The monoisotopic (exact) mass is 414 g/mol. The maximum atomic E-state index is 13.1. The lowest BCUT2D eigenvalue weighted by atomic mass is 9.47. The number of carboxylic acids is 1. The first-order chi connectivity index (χ1) is 14.2. The topological polar surface area (TPSA) is 71.4 Å². The van der Waals surface area contributed by atoms with Crippen molar-refractivity contribution in [3.63, 3.8) is 0 Å². The SMILES string of the molecule is C[C@@H](CCCC[C@H]1C(=O)CC2C3CC=C4CC(=O)CC[C@]4(C)C3CC[C@@]21C)C(=O)O. The van der Waals surface area contributed by atoms with Gasteiger partial charge in [0.15, 0.2) is 0 Å². The van der Waals surface area contributed by atoms with E-state index < -0.39 is 5.97 Å². The van der Waals surface area contributed by atoms with Crippen LogP contribution in [0.15, 0.2) is 11.6 Å². The van der Waals surface area contributed by atoms with Crippen LogP contribution in [0.25, 0.3) is 0 Å². The summed E-state index contributed by atoms with van der Waals surface area (Å²) in [5, 5.41) is 9.08. The molecule has 0 heterocycles. The molecule has 4 nitrogen and oxygen atoms in total. The molecule has 0 aromatic heterocycles. The Bertz CT molecular complexity index is 767. The largest absolute Gasteiger partial charge is 0.481 e. The lowest BCUT2D eigenvalue weighted by Gasteiger charge is -2.57. The highest BCUT2D eigenvalue weighted by molar-refractivity contribution is 5.85. The number of carboxylic acid groups (broad SMARTS) is 1. The highest BCUT2D eigenvalue weighted by atomic mass is 16.4. The first-order valence-electron chi connectivity index (χ1n) is 12.1. The van der Waals surface area contributed by atoms with Crippen molar-refractivity contribution in [2.45, 2.75) is 91.4 Å². The Hall–Kier alpha value is -1.45. The van der Waals surface area contributed by atoms with E-state index in [4.69, 9.17) is 5.11 Å². The summed E-state index contributed by atoms with van der Waals surface area (Å²) in [4.78, 5) is 36.2. The highest BCUT2D eigenvalue weighted by Crippen LogP contribution is 2.65. The van der Waals surface area contributed by atoms with Crippen LogP contribution in [-0.4, -0.2) is 22.6 Å². The summed E-state index contributed by atoms with van der Waals surface area (Å²) in [5.41, 5.74) is 1.65. The smallest absolute Gasteiger partial charge is 0.306 e. The van der Waals surface area contributed by atoms with Crippen LogP contribution in [0.1, 0.15) is 91.4 Å². The predicted octanol–water partition coefficient (Wildman–Crippen LogP) is 5.59. The zero-order valence-corrected chi connectivity index (χ0v) is 18.9. The van der Waals surface area contributed by atoms with Gasteiger partial charge < -0.3 is 5.11 Å². The van der Waals surface area contributed by atoms with Gasteiger partial charge in [-0.1, -0.05) is 45.3 Å². The minimum atomic E-state index is -0.722. The predicted molar refractivity (Wildman–Crippen MR) is 116 cm³/mol. The van der Waals surface area contributed by atoms with Gasteiger partial charge in [-0.2, -0.15) is 0 Å². The van der Waals surface area contributed by atoms with E-state index in [1.54, 1.807) is 6.92 Å². The standard InChI is InChI=1S/C26H38O4/c1-16(24(29)30)6-4-5-7-21-23(28)15-22-19-9-8-17-14-18(27)10-12-25(17,2)20(19)11-13-26(21,22)3/h8,16,19-22H,4-7,9-15H2,1-3H3,(H,29,30)/t16-,19?,20?,21-,22?,25-,26+/m0/s1. The quantitative estimate of drug-likeness (QED) is 0.454. The number of allylic oxidation sites excluding steroid dienone is 2. The van der Waals surface area contributed by atoms with E-state index in [0.717, 1.165) is 51.4 Å². The highest BCUT2D eigenvalue weighted by Gasteiger charge is 2.60. The Kier molecular flexibility index (Phi) is 5.74. The van der Waals surface area contributed by atoms with Crippen LogP contribution in [0.5, 0.6) is 0 Å². The summed E-state index contributed by atoms with van der Waals surface area (Å²) in [6, 6.07) is 0. The van der Waals surface area contributed by atoms with Crippen LogP contribution in [0.2, 0.25) is 0 Å². The molecule has 4 aliphatic rings. The summed E-state index contributed by atoms with van der Waals surface area (Å²) in [6.45, 7) is 6.53. The van der Waals surface area contributed by atoms with E-state index in [2.05, 4.69) is 19.9 Å². The van der Waals surface area contributed by atoms with E-state index in [1.807, 2.05) is 0 Å².